The van der Waals surface area contributed by atoms with E-state index in [1.807, 2.05) is 0 Å². The van der Waals surface area contributed by atoms with E-state index in [1.54, 1.807) is 0 Å². The summed E-state index contributed by atoms with van der Waals surface area (Å²) in [4.78, 5) is 0. The Morgan fingerprint density at radius 2 is 0.750 bits per heavy atom. The number of aliphatic hydroxyl groups is 1. The molecule has 2 aromatic rings. The monoisotopic (exact) mass is 331 g/mol. The average molecular weight is 332 g/mol. The van der Waals surface area contributed by atoms with Crippen LogP contribution in [0, 0.1) is 0 Å². The van der Waals surface area contributed by atoms with Crippen LogP contribution in [0.1, 0.15) is 52.7 Å². The van der Waals surface area contributed by atoms with Crippen molar-refractivity contribution in [3.63, 3.8) is 0 Å². The topological polar surface area (TPSA) is 43.1 Å². The highest BCUT2D eigenvalue weighted by atomic mass is 16.2. The Balaban J connectivity index is 0.00000123. The molecule has 24 heavy (non-hydrogen) atoms. The zero-order chi connectivity index (χ0) is 19.0. The second kappa shape index (κ2) is 9.61. The molecule has 0 saturated heterocycles. The van der Waals surface area contributed by atoms with Gasteiger partial charge in [-0.2, -0.15) is 0 Å². The smallest absolute Gasteiger partial charge is 0.133 e. The lowest BCUT2D eigenvalue weighted by molar-refractivity contribution is 0.399. The highest BCUT2D eigenvalue weighted by Crippen LogP contribution is 2.28. The van der Waals surface area contributed by atoms with Crippen LogP contribution in [-0.4, -0.2) is 24.4 Å². The molecule has 0 atom stereocenters. The first-order valence-corrected chi connectivity index (χ1v) is 8.34. The number of hydrogen-bond donors (Lipinski definition) is 1. The lowest BCUT2D eigenvalue weighted by atomic mass is 9.85. The van der Waals surface area contributed by atoms with Crippen LogP contribution in [-0.2, 0) is 10.8 Å². The van der Waals surface area contributed by atoms with Crippen LogP contribution in [0.5, 0.6) is 0 Å². The van der Waals surface area contributed by atoms with Crippen molar-refractivity contribution in [2.75, 3.05) is 14.2 Å². The van der Waals surface area contributed by atoms with Gasteiger partial charge < -0.3 is 10.2 Å². The summed E-state index contributed by atoms with van der Waals surface area (Å²) in [6.07, 6.45) is 0. The Labute approximate surface area is 148 Å². The van der Waals surface area contributed by atoms with E-state index in [-0.39, 0.29) is 10.8 Å². The van der Waals surface area contributed by atoms with Crippen molar-refractivity contribution in [3.05, 3.63) is 59.7 Å². The van der Waals surface area contributed by atoms with E-state index in [1.165, 1.54) is 29.4 Å². The molecule has 0 bridgehead atoms. The van der Waals surface area contributed by atoms with Gasteiger partial charge in [0.2, 0.25) is 0 Å². The van der Waals surface area contributed by atoms with Crippen LogP contribution >= 0.6 is 0 Å². The van der Waals surface area contributed by atoms with Gasteiger partial charge in [0, 0.05) is 7.11 Å². The van der Waals surface area contributed by atoms with Crippen molar-refractivity contribution in [3.8, 4) is 11.1 Å². The van der Waals surface area contributed by atoms with Gasteiger partial charge in [0.1, 0.15) is 7.11 Å². The fraction of sp³-hybridized carbons (Fsp3) is 0.455. The highest BCUT2D eigenvalue weighted by molar-refractivity contribution is 5.64. The second-order valence-electron chi connectivity index (χ2n) is 7.65. The molecule has 0 heterocycles. The summed E-state index contributed by atoms with van der Waals surface area (Å²) in [6, 6.07) is 17.9. The molecule has 0 fully saturated rings. The highest BCUT2D eigenvalue weighted by Gasteiger charge is 2.14. The standard InChI is InChI=1S/C20H26.2CH4O/c1-19(2,3)17-11-7-15(8-12-17)16-9-13-18(14-10-16)20(4,5)6;2*1-2/h7-14H,1-6H3;2*2H,1H3/p+1. The molecule has 2 nitrogen and oxygen atoms in total. The molecule has 0 amide bonds. The van der Waals surface area contributed by atoms with Gasteiger partial charge in [-0.05, 0) is 33.1 Å². The van der Waals surface area contributed by atoms with Crippen molar-refractivity contribution in [2.45, 2.75) is 52.4 Å². The molecule has 0 spiro atoms. The summed E-state index contributed by atoms with van der Waals surface area (Å²) < 4.78 is 0. The van der Waals surface area contributed by atoms with Crippen LogP contribution in [0.15, 0.2) is 48.5 Å². The first-order chi connectivity index (χ1) is 11.2. The van der Waals surface area contributed by atoms with Crippen molar-refractivity contribution >= 4 is 0 Å². The maximum Gasteiger partial charge on any atom is 0.133 e. The zero-order valence-electron chi connectivity index (χ0n) is 16.6. The predicted molar refractivity (Wildman–Crippen MR) is 107 cm³/mol. The van der Waals surface area contributed by atoms with Crippen LogP contribution in [0.3, 0.4) is 0 Å². The van der Waals surface area contributed by atoms with Gasteiger partial charge >= 0.3 is 0 Å². The van der Waals surface area contributed by atoms with Crippen LogP contribution < -0.4 is 0 Å². The Hall–Kier alpha value is -1.64. The Kier molecular flexibility index (Phi) is 8.95. The van der Waals surface area contributed by atoms with Gasteiger partial charge in [0.15, 0.2) is 0 Å². The third kappa shape index (κ3) is 6.46. The minimum absolute atomic E-state index is 0.217. The summed E-state index contributed by atoms with van der Waals surface area (Å²) in [5.74, 6) is 0. The maximum absolute atomic E-state index is 7.00. The SMILES string of the molecule is CC(C)(C)c1ccc(-c2ccc(C(C)(C)C)cc2)cc1.CO.C[OH2+]. The van der Waals surface area contributed by atoms with E-state index >= 15 is 0 Å². The summed E-state index contributed by atoms with van der Waals surface area (Å²) in [7, 11) is 2.25. The lowest BCUT2D eigenvalue weighted by Gasteiger charge is -2.20. The third-order valence-electron chi connectivity index (χ3n) is 3.84. The van der Waals surface area contributed by atoms with E-state index in [9.17, 15) is 0 Å². The van der Waals surface area contributed by atoms with Crippen molar-refractivity contribution in [2.24, 2.45) is 0 Å². The molecule has 134 valence electrons. The minimum Gasteiger partial charge on any atom is -0.448 e. The molecular formula is C22H35O2+. The van der Waals surface area contributed by atoms with Crippen LogP contribution in [0.2, 0.25) is 0 Å². The van der Waals surface area contributed by atoms with E-state index < -0.39 is 0 Å². The number of rotatable bonds is 1. The fourth-order valence-corrected chi connectivity index (χ4v) is 2.33. The van der Waals surface area contributed by atoms with Gasteiger partial charge in [0.05, 0.1) is 0 Å². The summed E-state index contributed by atoms with van der Waals surface area (Å²) in [6.45, 7) is 13.5. The number of aliphatic hydroxyl groups excluding tert-OH is 1. The zero-order valence-corrected chi connectivity index (χ0v) is 16.6. The van der Waals surface area contributed by atoms with Crippen molar-refractivity contribution in [1.82, 2.24) is 0 Å². The number of benzene rings is 2. The Bertz CT molecular complexity index is 512. The number of hydrogen-bond acceptors (Lipinski definition) is 1. The van der Waals surface area contributed by atoms with Gasteiger partial charge in [-0.15, -0.1) is 0 Å². The second-order valence-corrected chi connectivity index (χ2v) is 7.65. The van der Waals surface area contributed by atoms with Crippen molar-refractivity contribution < 1.29 is 10.2 Å². The summed E-state index contributed by atoms with van der Waals surface area (Å²) in [5.41, 5.74) is 5.78. The van der Waals surface area contributed by atoms with Gasteiger partial charge in [0.25, 0.3) is 0 Å². The lowest BCUT2D eigenvalue weighted by Crippen LogP contribution is -2.10. The molecule has 2 rings (SSSR count). The van der Waals surface area contributed by atoms with Gasteiger partial charge in [-0.1, -0.05) is 90.1 Å². The fourth-order valence-electron chi connectivity index (χ4n) is 2.33. The van der Waals surface area contributed by atoms with E-state index in [2.05, 4.69) is 90.1 Å². The molecule has 0 unspecified atom stereocenters. The van der Waals surface area contributed by atoms with E-state index in [0.29, 0.717) is 0 Å². The van der Waals surface area contributed by atoms with Crippen LogP contribution in [0.4, 0.5) is 0 Å². The average Bonchev–Trinajstić information content (AvgIpc) is 2.57. The molecule has 3 N–H and O–H groups in total. The summed E-state index contributed by atoms with van der Waals surface area (Å²) in [5, 5.41) is 12.8. The molecular weight excluding hydrogens is 296 g/mol. The first-order valence-electron chi connectivity index (χ1n) is 8.34. The maximum atomic E-state index is 7.00. The molecule has 0 aliphatic rings. The molecule has 2 aromatic carbocycles. The molecule has 0 radical (unpaired) electrons. The van der Waals surface area contributed by atoms with Crippen molar-refractivity contribution in [1.29, 1.82) is 0 Å². The molecule has 2 heteroatoms. The third-order valence-corrected chi connectivity index (χ3v) is 3.84. The first kappa shape index (κ1) is 22.4. The minimum atomic E-state index is 0.217. The van der Waals surface area contributed by atoms with Gasteiger partial charge in [-0.25, -0.2) is 0 Å². The van der Waals surface area contributed by atoms with E-state index in [4.69, 9.17) is 10.2 Å². The molecule has 0 aliphatic carbocycles. The normalized spacial score (nSPS) is 10.9. The quantitative estimate of drug-likeness (QED) is 0.742. The van der Waals surface area contributed by atoms with Gasteiger partial charge in [-0.3, -0.25) is 0 Å². The molecule has 0 aromatic heterocycles. The summed E-state index contributed by atoms with van der Waals surface area (Å²) >= 11 is 0. The Morgan fingerprint density at radius 1 is 0.542 bits per heavy atom. The largest absolute Gasteiger partial charge is 0.448 e. The van der Waals surface area contributed by atoms with Crippen LogP contribution in [0.25, 0.3) is 11.1 Å². The predicted octanol–water partition coefficient (Wildman–Crippen LogP) is 4.90. The molecule has 0 aliphatic heterocycles. The van der Waals surface area contributed by atoms with E-state index in [0.717, 1.165) is 7.11 Å². The Morgan fingerprint density at radius 3 is 0.917 bits per heavy atom. The molecule has 0 saturated carbocycles.